The second-order valence-electron chi connectivity index (χ2n) is 4.42. The first-order valence-electron chi connectivity index (χ1n) is 5.90. The van der Waals surface area contributed by atoms with Crippen LogP contribution >= 0.6 is 11.3 Å². The van der Waals surface area contributed by atoms with E-state index in [1.54, 1.807) is 17.5 Å². The number of thiophene rings is 1. The van der Waals surface area contributed by atoms with Crippen molar-refractivity contribution in [3.05, 3.63) is 22.4 Å². The Balaban J connectivity index is 1.70. The third-order valence-corrected chi connectivity index (χ3v) is 3.79. The number of carboxylic acids is 1. The molecule has 1 heterocycles. The van der Waals surface area contributed by atoms with Crippen molar-refractivity contribution in [3.63, 3.8) is 0 Å². The maximum Gasteiger partial charge on any atom is 0.329 e. The van der Waals surface area contributed by atoms with E-state index in [1.165, 1.54) is 11.3 Å². The molecule has 0 spiro atoms. The number of carbonyl (C=O) groups excluding carboxylic acids is 2. The molecule has 1 aliphatic carbocycles. The molecule has 19 heavy (non-hydrogen) atoms. The summed E-state index contributed by atoms with van der Waals surface area (Å²) in [6.45, 7) is 0.193. The number of hydrogen-bond donors (Lipinski definition) is 3. The molecule has 6 nitrogen and oxygen atoms in total. The van der Waals surface area contributed by atoms with Gasteiger partial charge in [-0.15, -0.1) is 11.3 Å². The summed E-state index contributed by atoms with van der Waals surface area (Å²) < 4.78 is 0. The number of carboxylic acid groups (broad SMARTS) is 1. The number of nitrogens with one attached hydrogen (secondary N) is 2. The van der Waals surface area contributed by atoms with Crippen LogP contribution in [0.5, 0.6) is 0 Å². The molecule has 0 bridgehead atoms. The molecule has 1 aromatic rings. The summed E-state index contributed by atoms with van der Waals surface area (Å²) in [5.74, 6) is -1.57. The van der Waals surface area contributed by atoms with Gasteiger partial charge in [-0.1, -0.05) is 6.07 Å². The fraction of sp³-hybridized carbons (Fsp3) is 0.417. The van der Waals surface area contributed by atoms with E-state index in [4.69, 9.17) is 5.11 Å². The number of rotatable bonds is 6. The van der Waals surface area contributed by atoms with Crippen LogP contribution in [0.15, 0.2) is 17.5 Å². The number of hydrogen-bond acceptors (Lipinski definition) is 4. The number of carbonyl (C=O) groups is 3. The minimum absolute atomic E-state index is 0.0755. The Morgan fingerprint density at radius 2 is 2.11 bits per heavy atom. The van der Waals surface area contributed by atoms with E-state index in [0.29, 0.717) is 17.7 Å². The van der Waals surface area contributed by atoms with Gasteiger partial charge >= 0.3 is 5.97 Å². The molecule has 0 aliphatic heterocycles. The second-order valence-corrected chi connectivity index (χ2v) is 5.37. The largest absolute Gasteiger partial charge is 0.480 e. The molecular formula is C12H14N2O4S. The van der Waals surface area contributed by atoms with Gasteiger partial charge in [-0.3, -0.25) is 9.59 Å². The van der Waals surface area contributed by atoms with E-state index in [0.717, 1.165) is 0 Å². The van der Waals surface area contributed by atoms with Gasteiger partial charge in [0.1, 0.15) is 5.54 Å². The molecule has 2 amide bonds. The molecule has 0 saturated heterocycles. The third-order valence-electron chi connectivity index (χ3n) is 2.92. The van der Waals surface area contributed by atoms with Crippen molar-refractivity contribution in [3.8, 4) is 0 Å². The van der Waals surface area contributed by atoms with Gasteiger partial charge < -0.3 is 15.7 Å². The molecule has 1 aliphatic rings. The van der Waals surface area contributed by atoms with Crippen molar-refractivity contribution >= 4 is 29.1 Å². The van der Waals surface area contributed by atoms with E-state index in [2.05, 4.69) is 10.6 Å². The quantitative estimate of drug-likeness (QED) is 0.712. The minimum Gasteiger partial charge on any atom is -0.480 e. The summed E-state index contributed by atoms with van der Waals surface area (Å²) in [6, 6.07) is 3.47. The lowest BCUT2D eigenvalue weighted by Crippen LogP contribution is -2.44. The highest BCUT2D eigenvalue weighted by Gasteiger charge is 2.51. The van der Waals surface area contributed by atoms with Crippen LogP contribution in [-0.2, 0) is 9.59 Å². The van der Waals surface area contributed by atoms with Crippen molar-refractivity contribution in [1.29, 1.82) is 0 Å². The number of amides is 2. The topological polar surface area (TPSA) is 95.5 Å². The van der Waals surface area contributed by atoms with Gasteiger partial charge in [0.2, 0.25) is 5.91 Å². The van der Waals surface area contributed by atoms with Crippen LogP contribution in [-0.4, -0.2) is 35.0 Å². The van der Waals surface area contributed by atoms with Crippen LogP contribution in [0.1, 0.15) is 28.9 Å². The minimum atomic E-state index is -1.06. The number of aliphatic carboxylic acids is 1. The van der Waals surface area contributed by atoms with Gasteiger partial charge in [-0.25, -0.2) is 4.79 Å². The predicted octanol–water partition coefficient (Wildman–Crippen LogP) is 0.601. The summed E-state index contributed by atoms with van der Waals surface area (Å²) in [5, 5.41) is 15.8. The average molecular weight is 282 g/mol. The zero-order chi connectivity index (χ0) is 13.9. The molecule has 2 rings (SSSR count). The standard InChI is InChI=1S/C12H14N2O4S/c15-9(14-12(4-5-12)11(17)18)3-6-13-10(16)8-2-1-7-19-8/h1-2,7H,3-6H2,(H,13,16)(H,14,15)(H,17,18). The van der Waals surface area contributed by atoms with Crippen molar-refractivity contribution < 1.29 is 19.5 Å². The predicted molar refractivity (Wildman–Crippen MR) is 69.0 cm³/mol. The highest BCUT2D eigenvalue weighted by atomic mass is 32.1. The first-order chi connectivity index (χ1) is 9.03. The molecule has 102 valence electrons. The van der Waals surface area contributed by atoms with Crippen LogP contribution in [0.2, 0.25) is 0 Å². The molecule has 3 N–H and O–H groups in total. The van der Waals surface area contributed by atoms with Crippen molar-refractivity contribution in [2.75, 3.05) is 6.54 Å². The lowest BCUT2D eigenvalue weighted by atomic mass is 10.2. The SMILES string of the molecule is O=C(CCNC(=O)c1cccs1)NC1(C(=O)O)CC1. The van der Waals surface area contributed by atoms with E-state index in [9.17, 15) is 14.4 Å². The van der Waals surface area contributed by atoms with Crippen LogP contribution in [0, 0.1) is 0 Å². The molecule has 7 heteroatoms. The Morgan fingerprint density at radius 1 is 1.37 bits per heavy atom. The zero-order valence-corrected chi connectivity index (χ0v) is 11.0. The summed E-state index contributed by atoms with van der Waals surface area (Å²) in [5.41, 5.74) is -1.06. The first-order valence-corrected chi connectivity index (χ1v) is 6.78. The summed E-state index contributed by atoms with van der Waals surface area (Å²) in [7, 11) is 0. The summed E-state index contributed by atoms with van der Waals surface area (Å²) >= 11 is 1.32. The molecular weight excluding hydrogens is 268 g/mol. The van der Waals surface area contributed by atoms with Crippen LogP contribution in [0.3, 0.4) is 0 Å². The van der Waals surface area contributed by atoms with Gasteiger partial charge in [0.25, 0.3) is 5.91 Å². The van der Waals surface area contributed by atoms with E-state index in [1.807, 2.05) is 0 Å². The smallest absolute Gasteiger partial charge is 0.329 e. The third kappa shape index (κ3) is 3.31. The molecule has 0 atom stereocenters. The van der Waals surface area contributed by atoms with Gasteiger partial charge in [0.15, 0.2) is 0 Å². The maximum atomic E-state index is 11.6. The van der Waals surface area contributed by atoms with Crippen LogP contribution < -0.4 is 10.6 Å². The van der Waals surface area contributed by atoms with Gasteiger partial charge in [0, 0.05) is 13.0 Å². The second kappa shape index (κ2) is 5.40. The Hall–Kier alpha value is -1.89. The van der Waals surface area contributed by atoms with Gasteiger partial charge in [-0.05, 0) is 24.3 Å². The van der Waals surface area contributed by atoms with Crippen LogP contribution in [0.4, 0.5) is 0 Å². The van der Waals surface area contributed by atoms with Gasteiger partial charge in [0.05, 0.1) is 4.88 Å². The van der Waals surface area contributed by atoms with E-state index < -0.39 is 11.5 Å². The Labute approximate surface area is 113 Å². The Bertz CT molecular complexity index is 494. The Kier molecular flexibility index (Phi) is 3.84. The lowest BCUT2D eigenvalue weighted by molar-refractivity contribution is -0.143. The van der Waals surface area contributed by atoms with Crippen molar-refractivity contribution in [2.24, 2.45) is 0 Å². The van der Waals surface area contributed by atoms with Crippen LogP contribution in [0.25, 0.3) is 0 Å². The molecule has 0 aromatic carbocycles. The fourth-order valence-electron chi connectivity index (χ4n) is 1.63. The highest BCUT2D eigenvalue weighted by molar-refractivity contribution is 7.12. The van der Waals surface area contributed by atoms with Gasteiger partial charge in [-0.2, -0.15) is 0 Å². The maximum absolute atomic E-state index is 11.6. The fourth-order valence-corrected chi connectivity index (χ4v) is 2.27. The molecule has 0 radical (unpaired) electrons. The average Bonchev–Trinajstić information content (AvgIpc) is 2.93. The monoisotopic (exact) mass is 282 g/mol. The normalized spacial score (nSPS) is 15.6. The molecule has 1 fully saturated rings. The van der Waals surface area contributed by atoms with Crippen molar-refractivity contribution in [1.82, 2.24) is 10.6 Å². The summed E-state index contributed by atoms with van der Waals surface area (Å²) in [6.07, 6.45) is 1.01. The summed E-state index contributed by atoms with van der Waals surface area (Å²) in [4.78, 5) is 34.6. The lowest BCUT2D eigenvalue weighted by Gasteiger charge is -2.12. The zero-order valence-electron chi connectivity index (χ0n) is 10.1. The van der Waals surface area contributed by atoms with E-state index in [-0.39, 0.29) is 24.8 Å². The molecule has 0 unspecified atom stereocenters. The first kappa shape index (κ1) is 13.5. The van der Waals surface area contributed by atoms with E-state index >= 15 is 0 Å². The molecule has 1 saturated carbocycles. The van der Waals surface area contributed by atoms with Crippen molar-refractivity contribution in [2.45, 2.75) is 24.8 Å². The highest BCUT2D eigenvalue weighted by Crippen LogP contribution is 2.35. The Morgan fingerprint density at radius 3 is 2.63 bits per heavy atom. The molecule has 1 aromatic heterocycles.